The van der Waals surface area contributed by atoms with Crippen molar-refractivity contribution in [2.24, 2.45) is 0 Å². The molecule has 1 heterocycles. The van der Waals surface area contributed by atoms with Crippen LogP contribution in [0.3, 0.4) is 0 Å². The summed E-state index contributed by atoms with van der Waals surface area (Å²) in [5.41, 5.74) is 0. The predicted octanol–water partition coefficient (Wildman–Crippen LogP) is -0.557. The quantitative estimate of drug-likeness (QED) is 0.376. The number of nitro groups is 2. The van der Waals surface area contributed by atoms with E-state index in [2.05, 4.69) is 0 Å². The SMILES string of the molecule is O=[N+]([O-])N1CCN([N+](=O)[O-])CN(CCCl)C1. The first-order valence-corrected chi connectivity index (χ1v) is 5.15. The number of halogens is 1. The third kappa shape index (κ3) is 3.35. The highest BCUT2D eigenvalue weighted by atomic mass is 35.5. The molecule has 1 aliphatic rings. The molecule has 0 spiro atoms. The second-order valence-electron chi connectivity index (χ2n) is 3.30. The van der Waals surface area contributed by atoms with Gasteiger partial charge in [0.25, 0.3) is 0 Å². The third-order valence-corrected chi connectivity index (χ3v) is 2.37. The monoisotopic (exact) mass is 253 g/mol. The molecule has 10 heteroatoms. The molecule has 92 valence electrons. The van der Waals surface area contributed by atoms with Gasteiger partial charge in [0, 0.05) is 12.4 Å². The average Bonchev–Trinajstić information content (AvgIpc) is 2.41. The van der Waals surface area contributed by atoms with Gasteiger partial charge in [0.15, 0.2) is 10.1 Å². The zero-order valence-corrected chi connectivity index (χ0v) is 9.25. The van der Waals surface area contributed by atoms with Gasteiger partial charge in [-0.3, -0.25) is 4.90 Å². The summed E-state index contributed by atoms with van der Waals surface area (Å²) in [5.74, 6) is 0.275. The van der Waals surface area contributed by atoms with E-state index in [0.29, 0.717) is 6.54 Å². The van der Waals surface area contributed by atoms with Crippen LogP contribution in [-0.4, -0.2) is 63.8 Å². The summed E-state index contributed by atoms with van der Waals surface area (Å²) in [5, 5.41) is 22.0. The fraction of sp³-hybridized carbons (Fsp3) is 1.00. The number of nitrogens with zero attached hydrogens (tertiary/aromatic N) is 5. The van der Waals surface area contributed by atoms with Crippen LogP contribution in [0.25, 0.3) is 0 Å². The van der Waals surface area contributed by atoms with E-state index >= 15 is 0 Å². The van der Waals surface area contributed by atoms with Gasteiger partial charge in [-0.05, 0) is 0 Å². The number of hydrogen-bond acceptors (Lipinski definition) is 5. The summed E-state index contributed by atoms with van der Waals surface area (Å²) in [6.45, 7) is 0.504. The van der Waals surface area contributed by atoms with Gasteiger partial charge in [-0.25, -0.2) is 20.2 Å². The lowest BCUT2D eigenvalue weighted by atomic mass is 10.6. The Morgan fingerprint density at radius 1 is 1.06 bits per heavy atom. The molecule has 9 nitrogen and oxygen atoms in total. The summed E-state index contributed by atoms with van der Waals surface area (Å²) < 4.78 is 0. The van der Waals surface area contributed by atoms with Gasteiger partial charge in [0.05, 0.1) is 0 Å². The molecular weight excluding hydrogens is 242 g/mol. The van der Waals surface area contributed by atoms with Gasteiger partial charge in [-0.15, -0.1) is 21.6 Å². The fourth-order valence-corrected chi connectivity index (χ4v) is 1.65. The molecule has 1 saturated heterocycles. The lowest BCUT2D eigenvalue weighted by Gasteiger charge is -2.21. The molecule has 0 aliphatic carbocycles. The van der Waals surface area contributed by atoms with Crippen molar-refractivity contribution >= 4 is 11.6 Å². The van der Waals surface area contributed by atoms with Crippen LogP contribution >= 0.6 is 11.6 Å². The maximum absolute atomic E-state index is 10.6. The van der Waals surface area contributed by atoms with Gasteiger partial charge in [-0.1, -0.05) is 0 Å². The van der Waals surface area contributed by atoms with Crippen molar-refractivity contribution in [3.8, 4) is 0 Å². The zero-order chi connectivity index (χ0) is 12.1. The van der Waals surface area contributed by atoms with E-state index in [9.17, 15) is 20.2 Å². The first kappa shape index (κ1) is 12.7. The van der Waals surface area contributed by atoms with Crippen molar-refractivity contribution in [3.63, 3.8) is 0 Å². The Kier molecular flexibility index (Phi) is 4.50. The lowest BCUT2D eigenvalue weighted by Crippen LogP contribution is -2.42. The summed E-state index contributed by atoms with van der Waals surface area (Å²) in [7, 11) is 0. The Morgan fingerprint density at radius 3 is 1.81 bits per heavy atom. The molecule has 0 atom stereocenters. The number of rotatable bonds is 4. The van der Waals surface area contributed by atoms with Crippen molar-refractivity contribution in [3.05, 3.63) is 20.2 Å². The maximum Gasteiger partial charge on any atom is 0.161 e. The summed E-state index contributed by atoms with van der Waals surface area (Å²) in [6, 6.07) is 0. The van der Waals surface area contributed by atoms with Crippen molar-refractivity contribution in [1.29, 1.82) is 0 Å². The molecule has 1 fully saturated rings. The van der Waals surface area contributed by atoms with Crippen LogP contribution in [0.1, 0.15) is 0 Å². The van der Waals surface area contributed by atoms with Gasteiger partial charge in [-0.2, -0.15) is 0 Å². The highest BCUT2D eigenvalue weighted by molar-refractivity contribution is 6.18. The van der Waals surface area contributed by atoms with Crippen LogP contribution < -0.4 is 0 Å². The second-order valence-corrected chi connectivity index (χ2v) is 3.68. The molecule has 1 aliphatic heterocycles. The van der Waals surface area contributed by atoms with E-state index in [1.165, 1.54) is 0 Å². The first-order valence-electron chi connectivity index (χ1n) is 4.61. The molecule has 0 aromatic rings. The summed E-state index contributed by atoms with van der Waals surface area (Å²) in [4.78, 5) is 22.8. The zero-order valence-electron chi connectivity index (χ0n) is 8.49. The molecular formula is C6H12ClN5O4. The van der Waals surface area contributed by atoms with Crippen LogP contribution in [0, 0.1) is 20.2 Å². The summed E-state index contributed by atoms with van der Waals surface area (Å²) >= 11 is 5.52. The molecule has 16 heavy (non-hydrogen) atoms. The van der Waals surface area contributed by atoms with Crippen molar-refractivity contribution in [2.45, 2.75) is 0 Å². The minimum absolute atomic E-state index is 0.0206. The van der Waals surface area contributed by atoms with Crippen LogP contribution in [-0.2, 0) is 0 Å². The van der Waals surface area contributed by atoms with Crippen LogP contribution in [0.2, 0.25) is 0 Å². The lowest BCUT2D eigenvalue weighted by molar-refractivity contribution is -0.666. The Morgan fingerprint density at radius 2 is 1.50 bits per heavy atom. The molecule has 0 radical (unpaired) electrons. The largest absolute Gasteiger partial charge is 0.257 e. The Labute approximate surface area is 96.4 Å². The Balaban J connectivity index is 2.67. The van der Waals surface area contributed by atoms with Crippen LogP contribution in [0.15, 0.2) is 0 Å². The molecule has 0 N–H and O–H groups in total. The predicted molar refractivity (Wildman–Crippen MR) is 54.6 cm³/mol. The van der Waals surface area contributed by atoms with Crippen molar-refractivity contribution in [1.82, 2.24) is 14.9 Å². The summed E-state index contributed by atoms with van der Waals surface area (Å²) in [6.07, 6.45) is 0. The van der Waals surface area contributed by atoms with Gasteiger partial charge >= 0.3 is 0 Å². The molecule has 1 rings (SSSR count). The van der Waals surface area contributed by atoms with Gasteiger partial charge < -0.3 is 0 Å². The maximum atomic E-state index is 10.6. The van der Waals surface area contributed by atoms with Crippen molar-refractivity contribution < 1.29 is 10.1 Å². The van der Waals surface area contributed by atoms with E-state index in [-0.39, 0.29) is 32.3 Å². The van der Waals surface area contributed by atoms with Crippen LogP contribution in [0.5, 0.6) is 0 Å². The highest BCUT2D eigenvalue weighted by Crippen LogP contribution is 2.05. The molecule has 0 aromatic carbocycles. The van der Waals surface area contributed by atoms with E-state index in [1.807, 2.05) is 0 Å². The smallest absolute Gasteiger partial charge is 0.161 e. The van der Waals surface area contributed by atoms with Gasteiger partial charge in [0.2, 0.25) is 0 Å². The Bertz CT molecular complexity index is 254. The standard InChI is InChI=1S/C6H12ClN5O4/c7-1-2-8-5-9(11(13)14)3-4-10(6-8)12(15)16/h1-6H2. The van der Waals surface area contributed by atoms with E-state index in [4.69, 9.17) is 11.6 Å². The first-order chi connectivity index (χ1) is 7.54. The normalized spacial score (nSPS) is 18.3. The topological polar surface area (TPSA) is 96.0 Å². The second kappa shape index (κ2) is 5.66. The minimum atomic E-state index is -0.551. The highest BCUT2D eigenvalue weighted by Gasteiger charge is 2.29. The van der Waals surface area contributed by atoms with E-state index in [0.717, 1.165) is 10.0 Å². The van der Waals surface area contributed by atoms with Gasteiger partial charge in [0.1, 0.15) is 26.4 Å². The molecule has 0 saturated carbocycles. The average molecular weight is 254 g/mol. The number of hydrazine groups is 2. The van der Waals surface area contributed by atoms with E-state index < -0.39 is 10.1 Å². The van der Waals surface area contributed by atoms with Crippen LogP contribution in [0.4, 0.5) is 0 Å². The molecule has 0 amide bonds. The molecule has 0 unspecified atom stereocenters. The van der Waals surface area contributed by atoms with Crippen molar-refractivity contribution in [2.75, 3.05) is 38.9 Å². The Hall–Kier alpha value is -1.35. The molecule has 0 bridgehead atoms. The fourth-order valence-electron chi connectivity index (χ4n) is 1.41. The third-order valence-electron chi connectivity index (χ3n) is 2.21. The number of hydrogen-bond donors (Lipinski definition) is 0. The number of alkyl halides is 1. The molecule has 0 aromatic heterocycles. The van der Waals surface area contributed by atoms with E-state index in [1.54, 1.807) is 4.90 Å². The minimum Gasteiger partial charge on any atom is -0.257 e.